The second-order valence-electron chi connectivity index (χ2n) is 6.35. The second-order valence-corrected chi connectivity index (χ2v) is 7.08. The number of aromatic nitrogens is 1. The van der Waals surface area contributed by atoms with E-state index in [-0.39, 0.29) is 29.7 Å². The fourth-order valence-electron chi connectivity index (χ4n) is 2.98. The van der Waals surface area contributed by atoms with Crippen LogP contribution >= 0.6 is 0 Å². The molecule has 1 fully saturated rings. The van der Waals surface area contributed by atoms with Crippen LogP contribution < -0.4 is 0 Å². The summed E-state index contributed by atoms with van der Waals surface area (Å²) in [6.07, 6.45) is 1.70. The standard InChI is InChI=1S/C18H19N5O3Se/c1-11(8-9-20-22-19)16-21-14(10-25-16)17(24)23-12(2)15(26-18(23)27)13-6-4-3-5-7-13/h3-7,10-12,15H,8-9H2,1-2H3/t11-,12-,15-/m1/s1. The van der Waals surface area contributed by atoms with E-state index >= 15 is 0 Å². The first-order chi connectivity index (χ1) is 13.0. The van der Waals surface area contributed by atoms with Crippen LogP contribution in [0, 0.1) is 0 Å². The van der Waals surface area contributed by atoms with Gasteiger partial charge in [-0.25, -0.2) is 0 Å². The molecule has 0 spiro atoms. The van der Waals surface area contributed by atoms with Crippen molar-refractivity contribution in [1.82, 2.24) is 9.88 Å². The Morgan fingerprint density at radius 2 is 2.19 bits per heavy atom. The van der Waals surface area contributed by atoms with Crippen molar-refractivity contribution in [2.75, 3.05) is 6.54 Å². The Bertz CT molecular complexity index is 878. The van der Waals surface area contributed by atoms with Crippen LogP contribution in [0.2, 0.25) is 0 Å². The van der Waals surface area contributed by atoms with Crippen molar-refractivity contribution in [2.45, 2.75) is 38.3 Å². The monoisotopic (exact) mass is 433 g/mol. The van der Waals surface area contributed by atoms with Crippen LogP contribution in [0.3, 0.4) is 0 Å². The Balaban J connectivity index is 1.74. The summed E-state index contributed by atoms with van der Waals surface area (Å²) in [5, 5.41) is 3.51. The predicted octanol–water partition coefficient (Wildman–Crippen LogP) is 3.34. The molecule has 2 aromatic rings. The van der Waals surface area contributed by atoms with Gasteiger partial charge in [-0.15, -0.1) is 0 Å². The molecule has 3 atom stereocenters. The molecule has 1 aromatic heterocycles. The molecule has 27 heavy (non-hydrogen) atoms. The number of azide groups is 1. The van der Waals surface area contributed by atoms with Gasteiger partial charge in [0, 0.05) is 0 Å². The maximum absolute atomic E-state index is 13.0. The molecule has 2 heterocycles. The average molecular weight is 432 g/mol. The third kappa shape index (κ3) is 4.06. The molecule has 1 aliphatic rings. The molecule has 0 N–H and O–H groups in total. The molecule has 1 aliphatic heterocycles. The molecule has 140 valence electrons. The first-order valence-electron chi connectivity index (χ1n) is 8.58. The van der Waals surface area contributed by atoms with Crippen LogP contribution in [0.25, 0.3) is 10.4 Å². The fraction of sp³-hybridized carbons (Fsp3) is 0.389. The van der Waals surface area contributed by atoms with Gasteiger partial charge in [-0.3, -0.25) is 0 Å². The van der Waals surface area contributed by atoms with E-state index < -0.39 is 0 Å². The zero-order valence-electron chi connectivity index (χ0n) is 15.0. The molecule has 0 radical (unpaired) electrons. The van der Waals surface area contributed by atoms with E-state index in [1.807, 2.05) is 44.2 Å². The summed E-state index contributed by atoms with van der Waals surface area (Å²) in [5.74, 6) is 0.102. The zero-order chi connectivity index (χ0) is 19.4. The van der Waals surface area contributed by atoms with Crippen molar-refractivity contribution >= 4 is 26.2 Å². The van der Waals surface area contributed by atoms with Crippen LogP contribution in [0.5, 0.6) is 0 Å². The third-order valence-corrected chi connectivity index (χ3v) is 5.12. The number of carbonyl (C=O) groups is 1. The Morgan fingerprint density at radius 1 is 1.44 bits per heavy atom. The Kier molecular flexibility index (Phi) is 5.96. The third-order valence-electron chi connectivity index (χ3n) is 4.50. The maximum atomic E-state index is 13.0. The minimum atomic E-state index is -0.285. The molecule has 9 heteroatoms. The fourth-order valence-corrected chi connectivity index (χ4v) is 3.72. The number of nitrogens with zero attached hydrogens (tertiary/aromatic N) is 5. The van der Waals surface area contributed by atoms with Gasteiger partial charge in [0.2, 0.25) is 0 Å². The van der Waals surface area contributed by atoms with Gasteiger partial charge in [-0.1, -0.05) is 0 Å². The summed E-state index contributed by atoms with van der Waals surface area (Å²) in [6.45, 7) is 4.19. The van der Waals surface area contributed by atoms with Gasteiger partial charge in [0.1, 0.15) is 0 Å². The molecule has 0 aliphatic carbocycles. The van der Waals surface area contributed by atoms with E-state index in [4.69, 9.17) is 14.7 Å². The number of benzene rings is 1. The van der Waals surface area contributed by atoms with Gasteiger partial charge in [-0.2, -0.15) is 0 Å². The van der Waals surface area contributed by atoms with Crippen molar-refractivity contribution in [3.05, 3.63) is 64.2 Å². The average Bonchev–Trinajstić information content (AvgIpc) is 3.27. The van der Waals surface area contributed by atoms with Gasteiger partial charge in [-0.05, 0) is 0 Å². The van der Waals surface area contributed by atoms with Gasteiger partial charge in [0.15, 0.2) is 0 Å². The van der Waals surface area contributed by atoms with E-state index in [0.29, 0.717) is 23.6 Å². The van der Waals surface area contributed by atoms with E-state index in [1.165, 1.54) is 6.26 Å². The van der Waals surface area contributed by atoms with E-state index in [0.717, 1.165) is 5.56 Å². The summed E-state index contributed by atoms with van der Waals surface area (Å²) >= 11 is 2.83. The normalized spacial score (nSPS) is 20.1. The van der Waals surface area contributed by atoms with Crippen LogP contribution in [-0.4, -0.2) is 48.7 Å². The van der Waals surface area contributed by atoms with Crippen molar-refractivity contribution in [3.8, 4) is 0 Å². The number of hydrogen-bond donors (Lipinski definition) is 0. The molecule has 8 nitrogen and oxygen atoms in total. The van der Waals surface area contributed by atoms with Gasteiger partial charge in [0.25, 0.3) is 0 Å². The number of carbonyl (C=O) groups excluding carboxylic acids is 1. The summed E-state index contributed by atoms with van der Waals surface area (Å²) in [6, 6.07) is 9.57. The predicted molar refractivity (Wildman–Crippen MR) is 100 cm³/mol. The molecule has 1 aromatic carbocycles. The number of hydrogen-bond acceptors (Lipinski definition) is 5. The molecular weight excluding hydrogens is 413 g/mol. The molecule has 0 saturated carbocycles. The van der Waals surface area contributed by atoms with E-state index in [9.17, 15) is 4.79 Å². The molecule has 0 unspecified atom stereocenters. The van der Waals surface area contributed by atoms with Gasteiger partial charge in [0.05, 0.1) is 0 Å². The molecule has 0 bridgehead atoms. The van der Waals surface area contributed by atoms with Crippen LogP contribution in [0.1, 0.15) is 54.2 Å². The summed E-state index contributed by atoms with van der Waals surface area (Å²) in [5.41, 5.74) is 9.57. The van der Waals surface area contributed by atoms with Crippen molar-refractivity contribution in [2.24, 2.45) is 5.11 Å². The topological polar surface area (TPSA) is 104 Å². The Morgan fingerprint density at radius 3 is 2.89 bits per heavy atom. The summed E-state index contributed by atoms with van der Waals surface area (Å²) in [4.78, 5) is 21.6. The quantitative estimate of drug-likeness (QED) is 0.302. The van der Waals surface area contributed by atoms with Crippen LogP contribution in [-0.2, 0) is 4.74 Å². The molecular formula is C18H19N5O3Se. The van der Waals surface area contributed by atoms with Crippen LogP contribution in [0.15, 0.2) is 46.1 Å². The van der Waals surface area contributed by atoms with E-state index in [2.05, 4.69) is 30.6 Å². The molecule has 3 rings (SSSR count). The van der Waals surface area contributed by atoms with E-state index in [1.54, 1.807) is 4.90 Å². The van der Waals surface area contributed by atoms with Crippen molar-refractivity contribution < 1.29 is 13.9 Å². The molecule has 1 saturated heterocycles. The number of ether oxygens (including phenoxy) is 1. The summed E-state index contributed by atoms with van der Waals surface area (Å²) in [7, 11) is 0. The number of oxazole rings is 1. The van der Waals surface area contributed by atoms with Gasteiger partial charge < -0.3 is 5.53 Å². The Labute approximate surface area is 164 Å². The minimum absolute atomic E-state index is 0.0574. The van der Waals surface area contributed by atoms with Crippen molar-refractivity contribution in [1.29, 1.82) is 0 Å². The summed E-state index contributed by atoms with van der Waals surface area (Å²) < 4.78 is 11.8. The Hall–Kier alpha value is -2.60. The van der Waals surface area contributed by atoms with Gasteiger partial charge >= 0.3 is 159 Å². The first-order valence-corrected chi connectivity index (χ1v) is 9.44. The zero-order valence-corrected chi connectivity index (χ0v) is 16.7. The number of amides is 1. The molecule has 1 amide bonds. The second kappa shape index (κ2) is 8.39. The number of rotatable bonds is 6. The van der Waals surface area contributed by atoms with Crippen LogP contribution in [0.4, 0.5) is 0 Å². The first kappa shape index (κ1) is 19.2. The SMILES string of the molecule is C[C@H](CCN=[N+]=[N-])c1nc(C(=O)N2C(=[Se])O[C@@H](c3ccccc3)[C@H]2C)co1. The van der Waals surface area contributed by atoms with Crippen molar-refractivity contribution in [3.63, 3.8) is 0 Å².